The topological polar surface area (TPSA) is 27.9 Å². The van der Waals surface area contributed by atoms with Gasteiger partial charge in [-0.3, -0.25) is 0 Å². The van der Waals surface area contributed by atoms with Gasteiger partial charge < -0.3 is 27.7 Å². The van der Waals surface area contributed by atoms with Gasteiger partial charge in [-0.2, -0.15) is 0 Å². The normalized spacial score (nSPS) is 12.0. The summed E-state index contributed by atoms with van der Waals surface area (Å²) in [4.78, 5) is 2.40. The molecule has 6 heteroatoms. The smallest absolute Gasteiger partial charge is 0.0562 e. The van der Waals surface area contributed by atoms with Crippen molar-refractivity contribution in [1.29, 1.82) is 0 Å². The third kappa shape index (κ3) is 7.71. The molecule has 15 aromatic carbocycles. The van der Waals surface area contributed by atoms with Crippen molar-refractivity contribution < 1.29 is 0 Å². The molecular formula is C88H56N6. The quantitative estimate of drug-likeness (QED) is 0.142. The summed E-state index contributed by atoms with van der Waals surface area (Å²) in [6.45, 7) is 0. The molecule has 0 atom stereocenters. The zero-order valence-electron chi connectivity index (χ0n) is 51.0. The summed E-state index contributed by atoms with van der Waals surface area (Å²) in [5.41, 5.74) is 22.8. The minimum absolute atomic E-state index is 1.06. The van der Waals surface area contributed by atoms with Crippen molar-refractivity contribution in [3.8, 4) is 39.6 Å². The number of rotatable bonds is 9. The standard InChI is InChI=1S/C88H56N6/c1-2-25-60(26-3-1)89(62-28-20-29-63(54-62)92-82-42-17-11-36-72(82)88-86(92)44-21-45-87(88)94-80-40-15-8-33-69(80)70-34-9-16-41-81(70)94)61-27-18-24-58(52-61)59-46-49-83-73(53-59)71-35-10-14-39-79(71)91(83)65-48-51-85-75(56-65)74-55-64(90-77-37-12-6-31-67(77)68-32-7-13-38-78(68)90)47-50-84(74)93(85)76-43-19-23-57-22-4-5-30-66(57)76/h1-56H. The molecule has 5 heterocycles. The van der Waals surface area contributed by atoms with Gasteiger partial charge in [-0.25, -0.2) is 0 Å². The lowest BCUT2D eigenvalue weighted by Gasteiger charge is -2.26. The highest BCUT2D eigenvalue weighted by atomic mass is 15.1. The van der Waals surface area contributed by atoms with Gasteiger partial charge in [0.1, 0.15) is 0 Å². The largest absolute Gasteiger partial charge is 0.310 e. The first-order chi connectivity index (χ1) is 46.7. The van der Waals surface area contributed by atoms with Gasteiger partial charge in [0.2, 0.25) is 0 Å². The van der Waals surface area contributed by atoms with Gasteiger partial charge in [-0.05, 0) is 162 Å². The van der Waals surface area contributed by atoms with Crippen molar-refractivity contribution in [1.82, 2.24) is 22.8 Å². The van der Waals surface area contributed by atoms with Gasteiger partial charge in [0.15, 0.2) is 0 Å². The summed E-state index contributed by atoms with van der Waals surface area (Å²) in [6, 6.07) is 125. The van der Waals surface area contributed by atoms with Crippen LogP contribution in [0, 0.1) is 0 Å². The van der Waals surface area contributed by atoms with Crippen molar-refractivity contribution in [2.24, 2.45) is 0 Å². The van der Waals surface area contributed by atoms with E-state index in [0.717, 1.165) is 89.7 Å². The van der Waals surface area contributed by atoms with Gasteiger partial charge in [0.25, 0.3) is 0 Å². The lowest BCUT2D eigenvalue weighted by molar-refractivity contribution is 1.16. The molecule has 438 valence electrons. The Hall–Kier alpha value is -12.6. The van der Waals surface area contributed by atoms with Gasteiger partial charge in [0.05, 0.1) is 66.5 Å². The van der Waals surface area contributed by atoms with E-state index in [9.17, 15) is 0 Å². The summed E-state index contributed by atoms with van der Waals surface area (Å²) in [5.74, 6) is 0. The average molecular weight is 1200 g/mol. The Morgan fingerprint density at radius 1 is 0.181 bits per heavy atom. The second-order valence-electron chi connectivity index (χ2n) is 24.8. The van der Waals surface area contributed by atoms with Crippen molar-refractivity contribution >= 4 is 137 Å². The molecule has 0 saturated carbocycles. The number of benzene rings is 15. The molecule has 0 saturated heterocycles. The van der Waals surface area contributed by atoms with E-state index in [1.807, 2.05) is 0 Å². The summed E-state index contributed by atoms with van der Waals surface area (Å²) in [7, 11) is 0. The van der Waals surface area contributed by atoms with E-state index in [4.69, 9.17) is 0 Å². The molecule has 20 rings (SSSR count). The van der Waals surface area contributed by atoms with Crippen molar-refractivity contribution in [2.45, 2.75) is 0 Å². The molecule has 0 amide bonds. The molecule has 5 aromatic heterocycles. The maximum absolute atomic E-state index is 2.48. The number of fused-ring (bicyclic) bond motifs is 16. The van der Waals surface area contributed by atoms with Crippen LogP contribution in [0.1, 0.15) is 0 Å². The minimum Gasteiger partial charge on any atom is -0.310 e. The summed E-state index contributed by atoms with van der Waals surface area (Å²) in [5, 5.41) is 14.6. The Labute approximate surface area is 540 Å². The summed E-state index contributed by atoms with van der Waals surface area (Å²) >= 11 is 0. The first-order valence-corrected chi connectivity index (χ1v) is 32.3. The van der Waals surface area contributed by atoms with Crippen LogP contribution >= 0.6 is 0 Å². The molecule has 0 aliphatic rings. The summed E-state index contributed by atoms with van der Waals surface area (Å²) in [6.07, 6.45) is 0. The number of hydrogen-bond donors (Lipinski definition) is 0. The van der Waals surface area contributed by atoms with Crippen molar-refractivity contribution in [3.63, 3.8) is 0 Å². The Morgan fingerprint density at radius 2 is 0.543 bits per heavy atom. The van der Waals surface area contributed by atoms with Gasteiger partial charge in [0, 0.05) is 93.4 Å². The Morgan fingerprint density at radius 3 is 1.16 bits per heavy atom. The molecule has 0 unspecified atom stereocenters. The second kappa shape index (κ2) is 20.4. The summed E-state index contributed by atoms with van der Waals surface area (Å²) < 4.78 is 12.3. The van der Waals surface area contributed by atoms with E-state index < -0.39 is 0 Å². The third-order valence-corrected chi connectivity index (χ3v) is 19.8. The highest BCUT2D eigenvalue weighted by Gasteiger charge is 2.24. The lowest BCUT2D eigenvalue weighted by Crippen LogP contribution is -2.10. The maximum Gasteiger partial charge on any atom is 0.0562 e. The van der Waals surface area contributed by atoms with Crippen molar-refractivity contribution in [2.75, 3.05) is 4.90 Å². The van der Waals surface area contributed by atoms with E-state index in [1.165, 1.54) is 86.7 Å². The molecular weight excluding hydrogens is 1140 g/mol. The Kier molecular flexibility index (Phi) is 11.3. The monoisotopic (exact) mass is 1200 g/mol. The number of anilines is 3. The molecule has 6 nitrogen and oxygen atoms in total. The van der Waals surface area contributed by atoms with E-state index in [1.54, 1.807) is 0 Å². The average Bonchev–Trinajstić information content (AvgIpc) is 1.57. The molecule has 20 aromatic rings. The van der Waals surface area contributed by atoms with Crippen LogP contribution < -0.4 is 4.90 Å². The van der Waals surface area contributed by atoms with Crippen LogP contribution in [0.2, 0.25) is 0 Å². The van der Waals surface area contributed by atoms with E-state index in [-0.39, 0.29) is 0 Å². The first-order valence-electron chi connectivity index (χ1n) is 32.3. The van der Waals surface area contributed by atoms with Crippen LogP contribution in [-0.2, 0) is 0 Å². The molecule has 0 spiro atoms. The van der Waals surface area contributed by atoms with Crippen LogP contribution in [0.4, 0.5) is 17.1 Å². The fourth-order valence-electron chi connectivity index (χ4n) is 15.8. The molecule has 0 aliphatic heterocycles. The maximum atomic E-state index is 2.48. The zero-order valence-corrected chi connectivity index (χ0v) is 51.0. The SMILES string of the molecule is c1ccc(N(c2cccc(-c3ccc4c(c3)c3ccccc3n4-c3ccc4c(c3)c3cc(-n5c6ccccc6c6ccccc65)ccc3n4-c3cccc4ccccc34)c2)c2cccc(-n3c4ccccc4c4c(-n5c6ccccc6c6ccccc65)cccc43)c2)cc1. The molecule has 0 fully saturated rings. The minimum atomic E-state index is 1.06. The van der Waals surface area contributed by atoms with Crippen LogP contribution in [0.25, 0.3) is 159 Å². The Balaban J connectivity index is 0.720. The zero-order chi connectivity index (χ0) is 61.5. The van der Waals surface area contributed by atoms with Crippen LogP contribution in [0.15, 0.2) is 340 Å². The number of nitrogens with zero attached hydrogens (tertiary/aromatic N) is 6. The van der Waals surface area contributed by atoms with Gasteiger partial charge in [-0.15, -0.1) is 0 Å². The fraction of sp³-hybridized carbons (Fsp3) is 0. The lowest BCUT2D eigenvalue weighted by atomic mass is 10.0. The van der Waals surface area contributed by atoms with E-state index in [0.29, 0.717) is 0 Å². The van der Waals surface area contributed by atoms with E-state index >= 15 is 0 Å². The highest BCUT2D eigenvalue weighted by molar-refractivity contribution is 6.18. The molecule has 0 aliphatic carbocycles. The third-order valence-electron chi connectivity index (χ3n) is 19.8. The van der Waals surface area contributed by atoms with Gasteiger partial charge >= 0.3 is 0 Å². The molecule has 0 bridgehead atoms. The number of hydrogen-bond acceptors (Lipinski definition) is 1. The molecule has 0 radical (unpaired) electrons. The van der Waals surface area contributed by atoms with E-state index in [2.05, 4.69) is 367 Å². The first kappa shape index (κ1) is 52.2. The highest BCUT2D eigenvalue weighted by Crippen LogP contribution is 2.45. The number of aromatic nitrogens is 5. The van der Waals surface area contributed by atoms with Gasteiger partial charge in [-0.1, -0.05) is 194 Å². The molecule has 0 N–H and O–H groups in total. The van der Waals surface area contributed by atoms with Crippen molar-refractivity contribution in [3.05, 3.63) is 340 Å². The number of para-hydroxylation sites is 7. The van der Waals surface area contributed by atoms with Crippen LogP contribution in [0.5, 0.6) is 0 Å². The Bertz CT molecular complexity index is 6390. The molecule has 94 heavy (non-hydrogen) atoms. The van der Waals surface area contributed by atoms with Crippen LogP contribution in [0.3, 0.4) is 0 Å². The van der Waals surface area contributed by atoms with Crippen LogP contribution in [-0.4, -0.2) is 22.8 Å². The predicted molar refractivity (Wildman–Crippen MR) is 396 cm³/mol. The fourth-order valence-corrected chi connectivity index (χ4v) is 15.8. The second-order valence-corrected chi connectivity index (χ2v) is 24.8. The predicted octanol–water partition coefficient (Wildman–Crippen LogP) is 23.5.